The lowest BCUT2D eigenvalue weighted by atomic mass is 10.3. The van der Waals surface area contributed by atoms with Gasteiger partial charge < -0.3 is 15.7 Å². The van der Waals surface area contributed by atoms with Crippen LogP contribution in [0.15, 0.2) is 0 Å². The summed E-state index contributed by atoms with van der Waals surface area (Å²) >= 11 is 1.79. The number of carbonyl (C=O) groups is 2. The summed E-state index contributed by atoms with van der Waals surface area (Å²) in [6.07, 6.45) is 0.958. The van der Waals surface area contributed by atoms with Gasteiger partial charge in [-0.2, -0.15) is 11.8 Å². The lowest BCUT2D eigenvalue weighted by molar-refractivity contribution is -0.138. The summed E-state index contributed by atoms with van der Waals surface area (Å²) in [5, 5.41) is 13.6. The molecule has 1 saturated heterocycles. The first kappa shape index (κ1) is 11.2. The first-order chi connectivity index (χ1) is 6.59. The Morgan fingerprint density at radius 1 is 1.57 bits per heavy atom. The minimum Gasteiger partial charge on any atom is -0.480 e. The smallest absolute Gasteiger partial charge is 0.325 e. The first-order valence-corrected chi connectivity index (χ1v) is 5.62. The van der Waals surface area contributed by atoms with Crippen molar-refractivity contribution in [3.63, 3.8) is 0 Å². The Morgan fingerprint density at radius 2 is 2.29 bits per heavy atom. The van der Waals surface area contributed by atoms with E-state index in [0.717, 1.165) is 17.9 Å². The number of carboxylic acid groups (broad SMARTS) is 1. The van der Waals surface area contributed by atoms with Crippen molar-refractivity contribution < 1.29 is 14.7 Å². The summed E-state index contributed by atoms with van der Waals surface area (Å²) in [4.78, 5) is 21.6. The summed E-state index contributed by atoms with van der Waals surface area (Å²) < 4.78 is 0. The van der Waals surface area contributed by atoms with Gasteiger partial charge in [0.15, 0.2) is 0 Å². The summed E-state index contributed by atoms with van der Waals surface area (Å²) in [6, 6.07) is -1.06. The van der Waals surface area contributed by atoms with Gasteiger partial charge >= 0.3 is 12.0 Å². The van der Waals surface area contributed by atoms with Crippen LogP contribution in [0.1, 0.15) is 13.3 Å². The van der Waals surface area contributed by atoms with E-state index in [1.165, 1.54) is 6.92 Å². The lowest BCUT2D eigenvalue weighted by Gasteiger charge is -2.14. The van der Waals surface area contributed by atoms with Crippen molar-refractivity contribution in [1.29, 1.82) is 0 Å². The third kappa shape index (κ3) is 3.45. The molecule has 0 radical (unpaired) electrons. The molecule has 0 spiro atoms. The highest BCUT2D eigenvalue weighted by molar-refractivity contribution is 7.99. The number of carboxylic acids is 1. The number of amides is 2. The van der Waals surface area contributed by atoms with Gasteiger partial charge in [0.05, 0.1) is 0 Å². The standard InChI is InChI=1S/C8H14N2O3S/c1-5(7(11)12)9-8(13)10-6-2-3-14-4-6/h5-6H,2-4H2,1H3,(H,11,12)(H2,9,10,13)/t5-,6?/m0/s1. The van der Waals surface area contributed by atoms with Crippen LogP contribution in [0.2, 0.25) is 0 Å². The zero-order valence-corrected chi connectivity index (χ0v) is 8.76. The number of nitrogens with one attached hydrogen (secondary N) is 2. The zero-order chi connectivity index (χ0) is 10.6. The SMILES string of the molecule is C[C@H](NC(=O)NC1CCSC1)C(=O)O. The minimum atomic E-state index is -1.03. The van der Waals surface area contributed by atoms with Crippen LogP contribution in [0, 0.1) is 0 Å². The molecule has 0 saturated carbocycles. The second kappa shape index (κ2) is 5.09. The van der Waals surface area contributed by atoms with Crippen LogP contribution in [-0.2, 0) is 4.79 Å². The molecule has 1 unspecified atom stereocenters. The molecule has 1 aliphatic heterocycles. The Bertz CT molecular complexity index is 229. The normalized spacial score (nSPS) is 22.8. The van der Waals surface area contributed by atoms with Gasteiger partial charge in [0.1, 0.15) is 6.04 Å². The van der Waals surface area contributed by atoms with E-state index in [4.69, 9.17) is 5.11 Å². The van der Waals surface area contributed by atoms with E-state index in [1.807, 2.05) is 0 Å². The third-order valence-electron chi connectivity index (χ3n) is 1.98. The molecule has 0 aromatic heterocycles. The van der Waals surface area contributed by atoms with Crippen molar-refractivity contribution in [1.82, 2.24) is 10.6 Å². The predicted molar refractivity (Wildman–Crippen MR) is 54.5 cm³/mol. The molecule has 0 aliphatic carbocycles. The van der Waals surface area contributed by atoms with Crippen molar-refractivity contribution in [2.75, 3.05) is 11.5 Å². The van der Waals surface area contributed by atoms with Crippen LogP contribution in [0.3, 0.4) is 0 Å². The van der Waals surface area contributed by atoms with E-state index in [-0.39, 0.29) is 6.04 Å². The molecule has 2 atom stereocenters. The van der Waals surface area contributed by atoms with Crippen molar-refractivity contribution in [3.8, 4) is 0 Å². The second-order valence-corrected chi connectivity index (χ2v) is 4.39. The summed E-state index contributed by atoms with van der Waals surface area (Å²) in [6.45, 7) is 1.44. The number of urea groups is 1. The average Bonchev–Trinajstić information content (AvgIpc) is 2.56. The molecule has 5 nitrogen and oxygen atoms in total. The fourth-order valence-electron chi connectivity index (χ4n) is 1.13. The minimum absolute atomic E-state index is 0.181. The summed E-state index contributed by atoms with van der Waals surface area (Å²) in [7, 11) is 0. The first-order valence-electron chi connectivity index (χ1n) is 4.47. The molecule has 0 aromatic carbocycles. The number of carbonyl (C=O) groups excluding carboxylic acids is 1. The van der Waals surface area contributed by atoms with Crippen LogP contribution in [0.5, 0.6) is 0 Å². The van der Waals surface area contributed by atoms with E-state index in [0.29, 0.717) is 0 Å². The van der Waals surface area contributed by atoms with Crippen LogP contribution in [0.25, 0.3) is 0 Å². The Hall–Kier alpha value is -0.910. The van der Waals surface area contributed by atoms with E-state index in [9.17, 15) is 9.59 Å². The average molecular weight is 218 g/mol. The van der Waals surface area contributed by atoms with E-state index in [2.05, 4.69) is 10.6 Å². The van der Waals surface area contributed by atoms with Crippen LogP contribution in [0.4, 0.5) is 4.79 Å². The van der Waals surface area contributed by atoms with Gasteiger partial charge in [0.2, 0.25) is 0 Å². The van der Waals surface area contributed by atoms with Gasteiger partial charge in [-0.25, -0.2) is 4.79 Å². The fraction of sp³-hybridized carbons (Fsp3) is 0.750. The highest BCUT2D eigenvalue weighted by atomic mass is 32.2. The van der Waals surface area contributed by atoms with Crippen molar-refractivity contribution in [3.05, 3.63) is 0 Å². The zero-order valence-electron chi connectivity index (χ0n) is 7.95. The van der Waals surface area contributed by atoms with Gasteiger partial charge in [-0.3, -0.25) is 4.79 Å². The third-order valence-corrected chi connectivity index (χ3v) is 3.15. The molecule has 1 rings (SSSR count). The summed E-state index contributed by atoms with van der Waals surface area (Å²) in [5.41, 5.74) is 0. The van der Waals surface area contributed by atoms with Gasteiger partial charge in [-0.05, 0) is 19.1 Å². The maximum Gasteiger partial charge on any atom is 0.325 e. The largest absolute Gasteiger partial charge is 0.480 e. The van der Waals surface area contributed by atoms with Crippen molar-refractivity contribution in [2.24, 2.45) is 0 Å². The second-order valence-electron chi connectivity index (χ2n) is 3.24. The molecular weight excluding hydrogens is 204 g/mol. The van der Waals surface area contributed by atoms with Crippen LogP contribution in [-0.4, -0.2) is 40.7 Å². The Labute approximate surface area is 86.6 Å². The van der Waals surface area contributed by atoms with Crippen LogP contribution >= 0.6 is 11.8 Å². The number of hydrogen-bond acceptors (Lipinski definition) is 3. The van der Waals surface area contributed by atoms with E-state index in [1.54, 1.807) is 11.8 Å². The number of thioether (sulfide) groups is 1. The molecule has 3 N–H and O–H groups in total. The molecule has 0 aromatic rings. The Kier molecular flexibility index (Phi) is 4.06. The number of rotatable bonds is 3. The molecule has 2 amide bonds. The number of hydrogen-bond donors (Lipinski definition) is 3. The number of aliphatic carboxylic acids is 1. The van der Waals surface area contributed by atoms with Gasteiger partial charge in [-0.15, -0.1) is 0 Å². The molecule has 0 bridgehead atoms. The van der Waals surface area contributed by atoms with Gasteiger partial charge in [0, 0.05) is 11.8 Å². The lowest BCUT2D eigenvalue weighted by Crippen LogP contribution is -2.47. The molecule has 1 fully saturated rings. The van der Waals surface area contributed by atoms with Crippen molar-refractivity contribution >= 4 is 23.8 Å². The molecule has 6 heteroatoms. The maximum absolute atomic E-state index is 11.2. The van der Waals surface area contributed by atoms with Gasteiger partial charge in [-0.1, -0.05) is 0 Å². The quantitative estimate of drug-likeness (QED) is 0.635. The Balaban J connectivity index is 2.24. The van der Waals surface area contributed by atoms with Crippen molar-refractivity contribution in [2.45, 2.75) is 25.4 Å². The molecule has 1 heterocycles. The predicted octanol–water partition coefficient (Wildman–Crippen LogP) is 0.264. The molecule has 80 valence electrons. The molecule has 1 aliphatic rings. The fourth-order valence-corrected chi connectivity index (χ4v) is 2.29. The highest BCUT2D eigenvalue weighted by Crippen LogP contribution is 2.16. The maximum atomic E-state index is 11.2. The van der Waals surface area contributed by atoms with E-state index >= 15 is 0 Å². The molecular formula is C8H14N2O3S. The summed E-state index contributed by atoms with van der Waals surface area (Å²) in [5.74, 6) is 0.940. The highest BCUT2D eigenvalue weighted by Gasteiger charge is 2.19. The van der Waals surface area contributed by atoms with E-state index < -0.39 is 18.0 Å². The Morgan fingerprint density at radius 3 is 2.79 bits per heavy atom. The molecule has 14 heavy (non-hydrogen) atoms. The monoisotopic (exact) mass is 218 g/mol. The van der Waals surface area contributed by atoms with Crippen LogP contribution < -0.4 is 10.6 Å². The topological polar surface area (TPSA) is 78.4 Å². The van der Waals surface area contributed by atoms with Gasteiger partial charge in [0.25, 0.3) is 0 Å².